The highest BCUT2D eigenvalue weighted by atomic mass is 16.6. The summed E-state index contributed by atoms with van der Waals surface area (Å²) in [5.41, 5.74) is 0.448. The summed E-state index contributed by atoms with van der Waals surface area (Å²) in [5.74, 6) is -0.0130. The maximum Gasteiger partial charge on any atom is 0.270 e. The summed E-state index contributed by atoms with van der Waals surface area (Å²) in [6, 6.07) is 7.43. The standard InChI is InChI=1S/C16H16N4O5/c1-11-8-14(18-25-11)17-15(21)10-19(2)16(22)7-6-12-4-3-5-13(9-12)20(23)24/h3-9H,10H2,1-2H3,(H,17,18,21)/b7-6+. The number of likely N-dealkylation sites (N-methyl/N-ethyl adjacent to an activating group) is 1. The number of hydrogen-bond donors (Lipinski definition) is 1. The largest absolute Gasteiger partial charge is 0.360 e. The predicted molar refractivity (Wildman–Crippen MR) is 89.6 cm³/mol. The molecule has 0 bridgehead atoms. The third-order valence-electron chi connectivity index (χ3n) is 3.15. The molecule has 9 heteroatoms. The van der Waals surface area contributed by atoms with Crippen LogP contribution in [0.25, 0.3) is 6.08 Å². The van der Waals surface area contributed by atoms with E-state index in [1.165, 1.54) is 42.3 Å². The Morgan fingerprint density at radius 1 is 1.40 bits per heavy atom. The molecular formula is C16H16N4O5. The Morgan fingerprint density at radius 2 is 2.16 bits per heavy atom. The first-order valence-corrected chi connectivity index (χ1v) is 7.26. The molecule has 0 unspecified atom stereocenters. The Kier molecular flexibility index (Phi) is 5.62. The summed E-state index contributed by atoms with van der Waals surface area (Å²) >= 11 is 0. The molecule has 1 aromatic carbocycles. The van der Waals surface area contributed by atoms with Gasteiger partial charge in [-0.3, -0.25) is 19.7 Å². The second-order valence-electron chi connectivity index (χ2n) is 5.25. The van der Waals surface area contributed by atoms with Crippen molar-refractivity contribution in [3.05, 3.63) is 57.8 Å². The van der Waals surface area contributed by atoms with Gasteiger partial charge in [0.15, 0.2) is 5.82 Å². The molecule has 0 spiro atoms. The van der Waals surface area contributed by atoms with Gasteiger partial charge < -0.3 is 14.7 Å². The minimum atomic E-state index is -0.513. The zero-order chi connectivity index (χ0) is 18.4. The van der Waals surface area contributed by atoms with E-state index in [1.54, 1.807) is 19.1 Å². The lowest BCUT2D eigenvalue weighted by Crippen LogP contribution is -2.33. The number of benzene rings is 1. The van der Waals surface area contributed by atoms with Crippen LogP contribution in [0.5, 0.6) is 0 Å². The molecule has 2 amide bonds. The van der Waals surface area contributed by atoms with Gasteiger partial charge in [0, 0.05) is 31.3 Å². The monoisotopic (exact) mass is 344 g/mol. The molecular weight excluding hydrogens is 328 g/mol. The molecule has 2 aromatic rings. The van der Waals surface area contributed by atoms with E-state index in [2.05, 4.69) is 10.5 Å². The summed E-state index contributed by atoms with van der Waals surface area (Å²) in [4.78, 5) is 35.3. The van der Waals surface area contributed by atoms with Crippen LogP contribution in [0, 0.1) is 17.0 Å². The zero-order valence-electron chi connectivity index (χ0n) is 13.6. The fourth-order valence-electron chi connectivity index (χ4n) is 1.94. The van der Waals surface area contributed by atoms with Crippen LogP contribution >= 0.6 is 0 Å². The van der Waals surface area contributed by atoms with Crippen molar-refractivity contribution in [2.24, 2.45) is 0 Å². The van der Waals surface area contributed by atoms with E-state index in [-0.39, 0.29) is 18.1 Å². The highest BCUT2D eigenvalue weighted by Crippen LogP contribution is 2.14. The van der Waals surface area contributed by atoms with E-state index in [9.17, 15) is 19.7 Å². The van der Waals surface area contributed by atoms with Gasteiger partial charge in [-0.2, -0.15) is 0 Å². The number of rotatable bonds is 6. The number of nitrogens with one attached hydrogen (secondary N) is 1. The van der Waals surface area contributed by atoms with Crippen LogP contribution in [-0.2, 0) is 9.59 Å². The predicted octanol–water partition coefficient (Wildman–Crippen LogP) is 2.00. The fraction of sp³-hybridized carbons (Fsp3) is 0.188. The molecule has 2 rings (SSSR count). The summed E-state index contributed by atoms with van der Waals surface area (Å²) in [6.45, 7) is 1.51. The minimum Gasteiger partial charge on any atom is -0.360 e. The van der Waals surface area contributed by atoms with Crippen molar-refractivity contribution >= 4 is 29.4 Å². The molecule has 0 atom stereocenters. The highest BCUT2D eigenvalue weighted by Gasteiger charge is 2.12. The smallest absolute Gasteiger partial charge is 0.270 e. The molecule has 0 aliphatic carbocycles. The number of amides is 2. The molecule has 0 saturated heterocycles. The van der Waals surface area contributed by atoms with Gasteiger partial charge in [-0.1, -0.05) is 17.3 Å². The lowest BCUT2D eigenvalue weighted by Gasteiger charge is -2.13. The summed E-state index contributed by atoms with van der Waals surface area (Å²) in [6.07, 6.45) is 2.69. The molecule has 0 aliphatic rings. The van der Waals surface area contributed by atoms with Crippen molar-refractivity contribution in [2.75, 3.05) is 18.9 Å². The number of nitro groups is 1. The van der Waals surface area contributed by atoms with Crippen LogP contribution in [0.2, 0.25) is 0 Å². The van der Waals surface area contributed by atoms with E-state index >= 15 is 0 Å². The van der Waals surface area contributed by atoms with Gasteiger partial charge in [-0.05, 0) is 18.6 Å². The van der Waals surface area contributed by atoms with E-state index in [4.69, 9.17) is 4.52 Å². The number of aryl methyl sites for hydroxylation is 1. The SMILES string of the molecule is Cc1cc(NC(=O)CN(C)C(=O)/C=C/c2cccc([N+](=O)[O-])c2)no1. The maximum absolute atomic E-state index is 12.0. The molecule has 0 radical (unpaired) electrons. The normalized spacial score (nSPS) is 10.6. The van der Waals surface area contributed by atoms with E-state index in [0.717, 1.165) is 0 Å². The van der Waals surface area contributed by atoms with Crippen molar-refractivity contribution < 1.29 is 19.0 Å². The summed E-state index contributed by atoms with van der Waals surface area (Å²) in [7, 11) is 1.47. The molecule has 130 valence electrons. The van der Waals surface area contributed by atoms with Crippen LogP contribution in [0.3, 0.4) is 0 Å². The summed E-state index contributed by atoms with van der Waals surface area (Å²) in [5, 5.41) is 16.9. The van der Waals surface area contributed by atoms with Crippen LogP contribution < -0.4 is 5.32 Å². The molecule has 1 N–H and O–H groups in total. The zero-order valence-corrected chi connectivity index (χ0v) is 13.6. The molecule has 1 aromatic heterocycles. The topological polar surface area (TPSA) is 119 Å². The quantitative estimate of drug-likeness (QED) is 0.486. The van der Waals surface area contributed by atoms with Crippen molar-refractivity contribution in [3.8, 4) is 0 Å². The van der Waals surface area contributed by atoms with Gasteiger partial charge in [0.25, 0.3) is 5.69 Å². The molecule has 9 nitrogen and oxygen atoms in total. The number of carbonyl (C=O) groups excluding carboxylic acids is 2. The lowest BCUT2D eigenvalue weighted by atomic mass is 10.2. The average Bonchev–Trinajstić information content (AvgIpc) is 2.97. The Balaban J connectivity index is 1.92. The third kappa shape index (κ3) is 5.27. The number of carbonyl (C=O) groups is 2. The van der Waals surface area contributed by atoms with E-state index in [0.29, 0.717) is 11.3 Å². The number of non-ortho nitro benzene ring substituents is 1. The van der Waals surface area contributed by atoms with E-state index < -0.39 is 16.7 Å². The Labute approximate surface area is 143 Å². The number of anilines is 1. The van der Waals surface area contributed by atoms with Crippen LogP contribution in [0.15, 0.2) is 40.9 Å². The Morgan fingerprint density at radius 3 is 2.80 bits per heavy atom. The number of nitro benzene ring substituents is 1. The van der Waals surface area contributed by atoms with Crippen LogP contribution in [-0.4, -0.2) is 40.4 Å². The van der Waals surface area contributed by atoms with Crippen LogP contribution in [0.1, 0.15) is 11.3 Å². The van der Waals surface area contributed by atoms with Gasteiger partial charge >= 0.3 is 0 Å². The third-order valence-corrected chi connectivity index (χ3v) is 3.15. The first-order chi connectivity index (χ1) is 11.8. The fourth-order valence-corrected chi connectivity index (χ4v) is 1.94. The first-order valence-electron chi connectivity index (χ1n) is 7.26. The van der Waals surface area contributed by atoms with Gasteiger partial charge in [-0.25, -0.2) is 0 Å². The number of aromatic nitrogens is 1. The summed E-state index contributed by atoms with van der Waals surface area (Å²) < 4.78 is 4.83. The second-order valence-corrected chi connectivity index (χ2v) is 5.25. The molecule has 0 saturated carbocycles. The number of hydrogen-bond acceptors (Lipinski definition) is 6. The molecule has 1 heterocycles. The van der Waals surface area contributed by atoms with Crippen molar-refractivity contribution in [3.63, 3.8) is 0 Å². The molecule has 0 fully saturated rings. The van der Waals surface area contributed by atoms with E-state index in [1.807, 2.05) is 0 Å². The molecule has 0 aliphatic heterocycles. The molecule has 25 heavy (non-hydrogen) atoms. The van der Waals surface area contributed by atoms with Crippen LogP contribution in [0.4, 0.5) is 11.5 Å². The first kappa shape index (κ1) is 17.9. The Hall–Kier alpha value is -3.49. The highest BCUT2D eigenvalue weighted by molar-refractivity contribution is 5.97. The van der Waals surface area contributed by atoms with Gasteiger partial charge in [0.1, 0.15) is 5.76 Å². The van der Waals surface area contributed by atoms with Crippen molar-refractivity contribution in [2.45, 2.75) is 6.92 Å². The van der Waals surface area contributed by atoms with Crippen molar-refractivity contribution in [1.29, 1.82) is 0 Å². The second kappa shape index (κ2) is 7.86. The minimum absolute atomic E-state index is 0.0646. The lowest BCUT2D eigenvalue weighted by molar-refractivity contribution is -0.384. The van der Waals surface area contributed by atoms with Gasteiger partial charge in [0.05, 0.1) is 11.5 Å². The van der Waals surface area contributed by atoms with Gasteiger partial charge in [-0.15, -0.1) is 0 Å². The van der Waals surface area contributed by atoms with Gasteiger partial charge in [0.2, 0.25) is 11.8 Å². The van der Waals surface area contributed by atoms with Crippen molar-refractivity contribution in [1.82, 2.24) is 10.1 Å². The maximum atomic E-state index is 12.0. The average molecular weight is 344 g/mol. The Bertz CT molecular complexity index is 827. The number of nitrogens with zero attached hydrogens (tertiary/aromatic N) is 3.